The van der Waals surface area contributed by atoms with Crippen molar-refractivity contribution in [2.45, 2.75) is 0 Å². The Morgan fingerprint density at radius 2 is 2.12 bits per heavy atom. The van der Waals surface area contributed by atoms with E-state index in [0.29, 0.717) is 16.7 Å². The molecule has 0 atom stereocenters. The van der Waals surface area contributed by atoms with Crippen molar-refractivity contribution in [3.63, 3.8) is 0 Å². The summed E-state index contributed by atoms with van der Waals surface area (Å²) in [7, 11) is 5.05. The number of hydrogen-bond acceptors (Lipinski definition) is 5. The van der Waals surface area contributed by atoms with Crippen molar-refractivity contribution >= 4 is 17.0 Å². The third-order valence-corrected chi connectivity index (χ3v) is 2.20. The van der Waals surface area contributed by atoms with Gasteiger partial charge in [-0.15, -0.1) is 0 Å². The fourth-order valence-electron chi connectivity index (χ4n) is 1.40. The molecule has 1 heterocycles. The minimum atomic E-state index is -0.316. The lowest BCUT2D eigenvalue weighted by Gasteiger charge is -2.10. The van der Waals surface area contributed by atoms with Crippen LogP contribution in [0.3, 0.4) is 0 Å². The number of methoxy groups -OCH3 is 1. The van der Waals surface area contributed by atoms with Crippen molar-refractivity contribution < 1.29 is 9.15 Å². The van der Waals surface area contributed by atoms with Crippen molar-refractivity contribution in [2.75, 3.05) is 26.1 Å². The zero-order valence-electron chi connectivity index (χ0n) is 9.35. The number of hydrogen-bond donors (Lipinski definition) is 0. The van der Waals surface area contributed by atoms with E-state index in [4.69, 9.17) is 9.15 Å². The van der Waals surface area contributed by atoms with Crippen LogP contribution in [0, 0.1) is 0 Å². The van der Waals surface area contributed by atoms with E-state index in [9.17, 15) is 4.79 Å². The number of nitrogens with zero attached hydrogens (tertiary/aromatic N) is 2. The van der Waals surface area contributed by atoms with Crippen molar-refractivity contribution in [1.82, 2.24) is 4.98 Å². The minimum Gasteiger partial charge on any atom is -0.493 e. The molecule has 0 spiro atoms. The molecule has 0 N–H and O–H groups in total. The molecule has 0 amide bonds. The van der Waals surface area contributed by atoms with Gasteiger partial charge in [0.15, 0.2) is 11.3 Å². The highest BCUT2D eigenvalue weighted by Crippen LogP contribution is 2.24. The Bertz CT molecular complexity index is 575. The number of rotatable bonds is 2. The molecule has 0 aliphatic carbocycles. The van der Waals surface area contributed by atoms with Gasteiger partial charge in [-0.1, -0.05) is 6.07 Å². The van der Waals surface area contributed by atoms with Crippen LogP contribution >= 0.6 is 0 Å². The Morgan fingerprint density at radius 1 is 1.38 bits per heavy atom. The molecule has 2 rings (SSSR count). The quantitative estimate of drug-likeness (QED) is 0.762. The first-order valence-corrected chi connectivity index (χ1v) is 4.78. The number of anilines is 1. The van der Waals surface area contributed by atoms with Crippen LogP contribution < -0.4 is 15.2 Å². The molecule has 0 radical (unpaired) electrons. The van der Waals surface area contributed by atoms with E-state index in [1.54, 1.807) is 37.2 Å². The number of fused-ring (bicyclic) bond motifs is 1. The molecule has 1 aromatic carbocycles. The van der Waals surface area contributed by atoms with Gasteiger partial charge in [-0.2, -0.15) is 4.98 Å². The van der Waals surface area contributed by atoms with Crippen LogP contribution in [-0.2, 0) is 0 Å². The largest absolute Gasteiger partial charge is 0.493 e. The maximum Gasteiger partial charge on any atom is 0.300 e. The minimum absolute atomic E-state index is 0.266. The molecule has 0 aliphatic heterocycles. The summed E-state index contributed by atoms with van der Waals surface area (Å²) >= 11 is 0. The smallest absolute Gasteiger partial charge is 0.300 e. The average molecular weight is 220 g/mol. The van der Waals surface area contributed by atoms with Crippen LogP contribution in [0.1, 0.15) is 0 Å². The van der Waals surface area contributed by atoms with Crippen molar-refractivity contribution in [3.05, 3.63) is 28.6 Å². The van der Waals surface area contributed by atoms with Crippen LogP contribution in [0.2, 0.25) is 0 Å². The summed E-state index contributed by atoms with van der Waals surface area (Å²) in [6.45, 7) is 0. The van der Waals surface area contributed by atoms with Crippen molar-refractivity contribution in [1.29, 1.82) is 0 Å². The maximum absolute atomic E-state index is 11.7. The van der Waals surface area contributed by atoms with E-state index < -0.39 is 0 Å². The molecule has 0 saturated carbocycles. The molecule has 0 fully saturated rings. The molecular weight excluding hydrogens is 208 g/mol. The van der Waals surface area contributed by atoms with Gasteiger partial charge in [-0.05, 0) is 12.1 Å². The highest BCUT2D eigenvalue weighted by molar-refractivity contribution is 5.82. The standard InChI is InChI=1S/C11H12N2O3/c1-13(2)11-12-10(14)7-5-4-6-8(15-3)9(7)16-11/h4-6H,1-3H3. The van der Waals surface area contributed by atoms with E-state index in [2.05, 4.69) is 4.98 Å². The van der Waals surface area contributed by atoms with Gasteiger partial charge in [0.1, 0.15) is 0 Å². The molecule has 5 heteroatoms. The summed E-state index contributed by atoms with van der Waals surface area (Å²) in [4.78, 5) is 17.2. The maximum atomic E-state index is 11.7. The van der Waals surface area contributed by atoms with Crippen LogP contribution in [0.5, 0.6) is 5.75 Å². The van der Waals surface area contributed by atoms with Gasteiger partial charge >= 0.3 is 6.01 Å². The van der Waals surface area contributed by atoms with Gasteiger partial charge in [0.25, 0.3) is 5.56 Å². The number of benzene rings is 1. The SMILES string of the molecule is COc1cccc2c(=O)nc(N(C)C)oc12. The third-order valence-electron chi connectivity index (χ3n) is 2.20. The fourth-order valence-corrected chi connectivity index (χ4v) is 1.40. The van der Waals surface area contributed by atoms with Crippen LogP contribution in [0.15, 0.2) is 27.4 Å². The van der Waals surface area contributed by atoms with E-state index in [1.165, 1.54) is 7.11 Å². The molecule has 0 aliphatic rings. The fraction of sp³-hybridized carbons (Fsp3) is 0.273. The lowest BCUT2D eigenvalue weighted by atomic mass is 10.2. The topological polar surface area (TPSA) is 55.6 Å². The third kappa shape index (κ3) is 1.60. The number of ether oxygens (including phenoxy) is 1. The van der Waals surface area contributed by atoms with Gasteiger partial charge in [-0.3, -0.25) is 4.79 Å². The number of para-hydroxylation sites is 1. The van der Waals surface area contributed by atoms with E-state index in [1.807, 2.05) is 0 Å². The second-order valence-corrected chi connectivity index (χ2v) is 3.53. The van der Waals surface area contributed by atoms with Gasteiger partial charge < -0.3 is 14.1 Å². The van der Waals surface area contributed by atoms with Crippen LogP contribution in [0.4, 0.5) is 6.01 Å². The Balaban J connectivity index is 2.83. The summed E-state index contributed by atoms with van der Waals surface area (Å²) in [5.74, 6) is 0.528. The molecule has 2 aromatic rings. The van der Waals surface area contributed by atoms with Gasteiger partial charge in [0.05, 0.1) is 12.5 Å². The lowest BCUT2D eigenvalue weighted by molar-refractivity contribution is 0.408. The monoisotopic (exact) mass is 220 g/mol. The molecule has 16 heavy (non-hydrogen) atoms. The van der Waals surface area contributed by atoms with Crippen molar-refractivity contribution in [2.24, 2.45) is 0 Å². The Morgan fingerprint density at radius 3 is 2.75 bits per heavy atom. The summed E-state index contributed by atoms with van der Waals surface area (Å²) in [5, 5.41) is 0.421. The van der Waals surface area contributed by atoms with E-state index in [-0.39, 0.29) is 11.6 Å². The second kappa shape index (κ2) is 3.84. The zero-order valence-corrected chi connectivity index (χ0v) is 9.35. The van der Waals surface area contributed by atoms with E-state index in [0.717, 1.165) is 0 Å². The second-order valence-electron chi connectivity index (χ2n) is 3.53. The predicted molar refractivity (Wildman–Crippen MR) is 61.2 cm³/mol. The molecule has 0 saturated heterocycles. The average Bonchev–Trinajstić information content (AvgIpc) is 2.28. The van der Waals surface area contributed by atoms with Crippen LogP contribution in [-0.4, -0.2) is 26.2 Å². The van der Waals surface area contributed by atoms with Crippen LogP contribution in [0.25, 0.3) is 11.0 Å². The molecular formula is C11H12N2O3. The first kappa shape index (κ1) is 10.5. The first-order valence-electron chi connectivity index (χ1n) is 4.78. The summed E-state index contributed by atoms with van der Waals surface area (Å²) in [5.41, 5.74) is 0.109. The summed E-state index contributed by atoms with van der Waals surface area (Å²) < 4.78 is 10.7. The molecule has 1 aromatic heterocycles. The highest BCUT2D eigenvalue weighted by Gasteiger charge is 2.11. The zero-order chi connectivity index (χ0) is 11.7. The first-order chi connectivity index (χ1) is 7.63. The van der Waals surface area contributed by atoms with E-state index >= 15 is 0 Å². The highest BCUT2D eigenvalue weighted by atomic mass is 16.5. The Labute approximate surface area is 92.3 Å². The molecule has 0 unspecified atom stereocenters. The molecule has 84 valence electrons. The molecule has 0 bridgehead atoms. The van der Waals surface area contributed by atoms with Gasteiger partial charge in [0.2, 0.25) is 0 Å². The van der Waals surface area contributed by atoms with Gasteiger partial charge in [-0.25, -0.2) is 0 Å². The normalized spacial score (nSPS) is 10.4. The van der Waals surface area contributed by atoms with Gasteiger partial charge in [0, 0.05) is 14.1 Å². The number of aromatic nitrogens is 1. The lowest BCUT2D eigenvalue weighted by Crippen LogP contribution is -2.16. The molecule has 5 nitrogen and oxygen atoms in total. The Kier molecular flexibility index (Phi) is 2.52. The van der Waals surface area contributed by atoms with Crippen molar-refractivity contribution in [3.8, 4) is 5.75 Å². The summed E-state index contributed by atoms with van der Waals surface area (Å²) in [6.07, 6.45) is 0. The Hall–Kier alpha value is -2.04. The summed E-state index contributed by atoms with van der Waals surface area (Å²) in [6, 6.07) is 5.40. The predicted octanol–water partition coefficient (Wildman–Crippen LogP) is 1.26.